The molecule has 2 aromatic carbocycles. The van der Waals surface area contributed by atoms with E-state index in [1.807, 2.05) is 60.7 Å². The fourth-order valence-electron chi connectivity index (χ4n) is 3.29. The Morgan fingerprint density at radius 2 is 1.62 bits per heavy atom. The van der Waals surface area contributed by atoms with Gasteiger partial charge in [0.05, 0.1) is 10.9 Å². The van der Waals surface area contributed by atoms with Gasteiger partial charge in [-0.15, -0.1) is 0 Å². The molecule has 1 aliphatic heterocycles. The predicted molar refractivity (Wildman–Crippen MR) is 107 cm³/mol. The summed E-state index contributed by atoms with van der Waals surface area (Å²) in [5, 5.41) is 5.53. The average Bonchev–Trinajstić information content (AvgIpc) is 3.09. The summed E-state index contributed by atoms with van der Waals surface area (Å²) in [5.74, 6) is 0.727. The van der Waals surface area contributed by atoms with E-state index >= 15 is 0 Å². The van der Waals surface area contributed by atoms with Gasteiger partial charge in [0.2, 0.25) is 0 Å². The van der Waals surface area contributed by atoms with Crippen LogP contribution in [0.2, 0.25) is 0 Å². The topological polar surface area (TPSA) is 54.3 Å². The lowest BCUT2D eigenvalue weighted by Crippen LogP contribution is -2.44. The molecule has 0 spiro atoms. The van der Waals surface area contributed by atoms with Crippen molar-refractivity contribution < 1.29 is 8.42 Å². The van der Waals surface area contributed by atoms with Crippen molar-refractivity contribution in [1.82, 2.24) is 9.29 Å². The number of para-hydroxylation sites is 1. The van der Waals surface area contributed by atoms with Gasteiger partial charge in [-0.05, 0) is 23.8 Å². The fourth-order valence-corrected chi connectivity index (χ4v) is 4.61. The van der Waals surface area contributed by atoms with Gasteiger partial charge >= 0.3 is 0 Å². The first-order valence-electron chi connectivity index (χ1n) is 8.70. The molecule has 1 aromatic heterocycles. The van der Waals surface area contributed by atoms with Gasteiger partial charge in [-0.25, -0.2) is 12.4 Å². The van der Waals surface area contributed by atoms with E-state index in [1.165, 1.54) is 9.38 Å². The van der Waals surface area contributed by atoms with Crippen LogP contribution in [0.25, 0.3) is 17.0 Å². The molecule has 0 unspecified atom stereocenters. The Bertz CT molecular complexity index is 1030. The van der Waals surface area contributed by atoms with Crippen molar-refractivity contribution in [2.75, 3.05) is 31.1 Å². The van der Waals surface area contributed by atoms with Crippen molar-refractivity contribution in [3.8, 4) is 0 Å². The highest BCUT2D eigenvalue weighted by molar-refractivity contribution is 7.93. The van der Waals surface area contributed by atoms with Crippen LogP contribution in [-0.4, -0.2) is 38.6 Å². The van der Waals surface area contributed by atoms with Crippen molar-refractivity contribution in [1.29, 1.82) is 0 Å². The largest absolute Gasteiger partial charge is 0.355 e. The SMILES string of the molecule is O=S(=O)(/C=C/c1ccccc1)n1c(N2CCNCC2)cc2ccccc21. The molecule has 5 nitrogen and oxygen atoms in total. The molecule has 0 saturated carbocycles. The summed E-state index contributed by atoms with van der Waals surface area (Å²) in [4.78, 5) is 2.13. The maximum absolute atomic E-state index is 13.2. The first-order valence-corrected chi connectivity index (χ1v) is 10.2. The number of benzene rings is 2. The lowest BCUT2D eigenvalue weighted by molar-refractivity contribution is 0.577. The Balaban J connectivity index is 1.82. The number of rotatable bonds is 4. The molecule has 2 heterocycles. The van der Waals surface area contributed by atoms with Gasteiger partial charge in [0.15, 0.2) is 0 Å². The molecule has 0 amide bonds. The first kappa shape index (κ1) is 16.9. The van der Waals surface area contributed by atoms with E-state index in [0.29, 0.717) is 5.52 Å². The van der Waals surface area contributed by atoms with Crippen LogP contribution in [-0.2, 0) is 10.0 Å². The van der Waals surface area contributed by atoms with Crippen molar-refractivity contribution in [2.24, 2.45) is 0 Å². The third-order valence-electron chi connectivity index (χ3n) is 4.58. The predicted octanol–water partition coefficient (Wildman–Crippen LogP) is 2.90. The van der Waals surface area contributed by atoms with Crippen LogP contribution in [0, 0.1) is 0 Å². The third-order valence-corrected chi connectivity index (χ3v) is 5.95. The van der Waals surface area contributed by atoms with E-state index in [9.17, 15) is 8.42 Å². The minimum absolute atomic E-state index is 0.707. The third kappa shape index (κ3) is 3.25. The molecule has 0 aliphatic carbocycles. The number of nitrogens with zero attached hydrogens (tertiary/aromatic N) is 2. The minimum Gasteiger partial charge on any atom is -0.355 e. The van der Waals surface area contributed by atoms with Gasteiger partial charge in [-0.3, -0.25) is 0 Å². The highest BCUT2D eigenvalue weighted by Crippen LogP contribution is 2.29. The summed E-state index contributed by atoms with van der Waals surface area (Å²) in [7, 11) is -3.65. The zero-order chi connectivity index (χ0) is 18.0. The number of hydrogen-bond donors (Lipinski definition) is 1. The maximum Gasteiger partial charge on any atom is 0.262 e. The van der Waals surface area contributed by atoms with Gasteiger partial charge in [-0.1, -0.05) is 48.5 Å². The summed E-state index contributed by atoms with van der Waals surface area (Å²) in [6.45, 7) is 3.27. The second kappa shape index (κ2) is 6.97. The van der Waals surface area contributed by atoms with Gasteiger partial charge in [0.1, 0.15) is 5.82 Å². The Morgan fingerprint density at radius 3 is 2.38 bits per heavy atom. The monoisotopic (exact) mass is 367 g/mol. The van der Waals surface area contributed by atoms with Crippen molar-refractivity contribution in [3.63, 3.8) is 0 Å². The summed E-state index contributed by atoms with van der Waals surface area (Å²) >= 11 is 0. The zero-order valence-electron chi connectivity index (χ0n) is 14.4. The van der Waals surface area contributed by atoms with Gasteiger partial charge in [0.25, 0.3) is 10.0 Å². The molecular weight excluding hydrogens is 346 g/mol. The van der Waals surface area contributed by atoms with Crippen LogP contribution in [0.3, 0.4) is 0 Å². The van der Waals surface area contributed by atoms with Crippen LogP contribution in [0.5, 0.6) is 0 Å². The van der Waals surface area contributed by atoms with Crippen molar-refractivity contribution >= 4 is 32.8 Å². The molecule has 0 bridgehead atoms. The number of nitrogens with one attached hydrogen (secondary N) is 1. The smallest absolute Gasteiger partial charge is 0.262 e. The summed E-state index contributed by atoms with van der Waals surface area (Å²) < 4.78 is 27.8. The Kier molecular flexibility index (Phi) is 4.53. The number of aromatic nitrogens is 1. The molecule has 1 saturated heterocycles. The summed E-state index contributed by atoms with van der Waals surface area (Å²) in [6.07, 6.45) is 1.64. The van der Waals surface area contributed by atoms with E-state index < -0.39 is 10.0 Å². The molecule has 26 heavy (non-hydrogen) atoms. The van der Waals surface area contributed by atoms with Crippen LogP contribution >= 0.6 is 0 Å². The van der Waals surface area contributed by atoms with Gasteiger partial charge in [0, 0.05) is 31.6 Å². The molecule has 1 N–H and O–H groups in total. The van der Waals surface area contributed by atoms with Gasteiger partial charge in [-0.2, -0.15) is 0 Å². The molecule has 3 aromatic rings. The van der Waals surface area contributed by atoms with E-state index in [0.717, 1.165) is 42.9 Å². The second-order valence-electron chi connectivity index (χ2n) is 6.32. The highest BCUT2D eigenvalue weighted by atomic mass is 32.2. The maximum atomic E-state index is 13.2. The minimum atomic E-state index is -3.65. The van der Waals surface area contributed by atoms with Crippen LogP contribution in [0.4, 0.5) is 5.82 Å². The van der Waals surface area contributed by atoms with E-state index in [4.69, 9.17) is 0 Å². The molecular formula is C20H21N3O2S. The Hall–Kier alpha value is -2.57. The molecule has 134 valence electrons. The Labute approximate surface area is 153 Å². The number of piperazine rings is 1. The van der Waals surface area contributed by atoms with Crippen LogP contribution < -0.4 is 10.2 Å². The van der Waals surface area contributed by atoms with Crippen molar-refractivity contribution in [3.05, 3.63) is 71.6 Å². The number of hydrogen-bond acceptors (Lipinski definition) is 4. The second-order valence-corrected chi connectivity index (χ2v) is 7.99. The van der Waals surface area contributed by atoms with Crippen LogP contribution in [0.15, 0.2) is 66.1 Å². The standard InChI is InChI=1S/C20H21N3O2S/c24-26(25,15-10-17-6-2-1-3-7-17)23-19-9-5-4-8-18(19)16-20(23)22-13-11-21-12-14-22/h1-10,15-16,21H,11-14H2/b15-10+. The van der Waals surface area contributed by atoms with Crippen LogP contribution in [0.1, 0.15) is 5.56 Å². The van der Waals surface area contributed by atoms with E-state index in [1.54, 1.807) is 6.08 Å². The molecule has 4 rings (SSSR count). The lowest BCUT2D eigenvalue weighted by Gasteiger charge is -2.29. The first-order chi connectivity index (χ1) is 12.6. The van der Waals surface area contributed by atoms with E-state index in [2.05, 4.69) is 10.2 Å². The van der Waals surface area contributed by atoms with E-state index in [-0.39, 0.29) is 0 Å². The number of anilines is 1. The molecule has 0 atom stereocenters. The fraction of sp³-hybridized carbons (Fsp3) is 0.200. The molecule has 6 heteroatoms. The zero-order valence-corrected chi connectivity index (χ0v) is 15.2. The number of fused-ring (bicyclic) bond motifs is 1. The average molecular weight is 367 g/mol. The summed E-state index contributed by atoms with van der Waals surface area (Å²) in [5.41, 5.74) is 1.56. The van der Waals surface area contributed by atoms with Gasteiger partial charge < -0.3 is 10.2 Å². The molecule has 1 fully saturated rings. The highest BCUT2D eigenvalue weighted by Gasteiger charge is 2.23. The summed E-state index contributed by atoms with van der Waals surface area (Å²) in [6, 6.07) is 19.0. The molecule has 1 aliphatic rings. The van der Waals surface area contributed by atoms with Crippen molar-refractivity contribution in [2.45, 2.75) is 0 Å². The Morgan fingerprint density at radius 1 is 0.923 bits per heavy atom. The lowest BCUT2D eigenvalue weighted by atomic mass is 10.2. The molecule has 0 radical (unpaired) electrons. The quantitative estimate of drug-likeness (QED) is 0.770. The normalized spacial score (nSPS) is 15.8.